The molecule has 0 spiro atoms. The zero-order valence-electron chi connectivity index (χ0n) is 14.5. The first kappa shape index (κ1) is 20.1. The van der Waals surface area contributed by atoms with Crippen LogP contribution in [-0.4, -0.2) is 42.4 Å². The Bertz CT molecular complexity index is 785. The van der Waals surface area contributed by atoms with Crippen molar-refractivity contribution in [3.63, 3.8) is 0 Å². The number of nitrogens with one attached hydrogen (secondary N) is 1. The molecule has 2 amide bonds. The standard InChI is InChI=1S/C18H19BrN2O4S/c1-3-21(4-2)17(23)12-5-7-13(8-6-12)20-16(22)11-25-18(24)14-9-10-15(19)26-14/h5-10H,3-4,11H2,1-2H3,(H,20,22). The molecule has 0 fully saturated rings. The van der Waals surface area contributed by atoms with E-state index < -0.39 is 11.9 Å². The zero-order chi connectivity index (χ0) is 19.1. The van der Waals surface area contributed by atoms with Crippen LogP contribution in [0, 0.1) is 0 Å². The Balaban J connectivity index is 1.87. The van der Waals surface area contributed by atoms with Crippen molar-refractivity contribution < 1.29 is 19.1 Å². The molecule has 0 saturated carbocycles. The van der Waals surface area contributed by atoms with E-state index in [1.165, 1.54) is 11.3 Å². The molecule has 1 aromatic carbocycles. The molecule has 26 heavy (non-hydrogen) atoms. The number of hydrogen-bond donors (Lipinski definition) is 1. The molecule has 0 aliphatic carbocycles. The normalized spacial score (nSPS) is 10.3. The average molecular weight is 439 g/mol. The second-order valence-electron chi connectivity index (χ2n) is 5.28. The molecule has 6 nitrogen and oxygen atoms in total. The quantitative estimate of drug-likeness (QED) is 0.667. The van der Waals surface area contributed by atoms with Gasteiger partial charge in [-0.2, -0.15) is 0 Å². The first-order valence-electron chi connectivity index (χ1n) is 8.06. The number of ether oxygens (including phenoxy) is 1. The molecule has 1 heterocycles. The third-order valence-corrected chi connectivity index (χ3v) is 5.18. The summed E-state index contributed by atoms with van der Waals surface area (Å²) in [4.78, 5) is 38.1. The van der Waals surface area contributed by atoms with E-state index >= 15 is 0 Å². The monoisotopic (exact) mass is 438 g/mol. The number of nitrogens with zero attached hydrogens (tertiary/aromatic N) is 1. The minimum Gasteiger partial charge on any atom is -0.451 e. The fraction of sp³-hybridized carbons (Fsp3) is 0.278. The first-order valence-corrected chi connectivity index (χ1v) is 9.67. The predicted octanol–water partition coefficient (Wildman–Crippen LogP) is 3.79. The van der Waals surface area contributed by atoms with Gasteiger partial charge in [-0.15, -0.1) is 11.3 Å². The van der Waals surface area contributed by atoms with Crippen LogP contribution in [0.15, 0.2) is 40.2 Å². The van der Waals surface area contributed by atoms with Crippen LogP contribution in [0.4, 0.5) is 5.69 Å². The van der Waals surface area contributed by atoms with Crippen molar-refractivity contribution in [1.82, 2.24) is 4.90 Å². The molecular weight excluding hydrogens is 420 g/mol. The highest BCUT2D eigenvalue weighted by atomic mass is 79.9. The summed E-state index contributed by atoms with van der Waals surface area (Å²) in [6.07, 6.45) is 0. The summed E-state index contributed by atoms with van der Waals surface area (Å²) in [5.41, 5.74) is 1.09. The SMILES string of the molecule is CCN(CC)C(=O)c1ccc(NC(=O)COC(=O)c2ccc(Br)s2)cc1. The van der Waals surface area contributed by atoms with E-state index in [1.54, 1.807) is 41.3 Å². The van der Waals surface area contributed by atoms with Crippen molar-refractivity contribution in [3.8, 4) is 0 Å². The molecular formula is C18H19BrN2O4S. The number of benzene rings is 1. The highest BCUT2D eigenvalue weighted by Crippen LogP contribution is 2.22. The van der Waals surface area contributed by atoms with Gasteiger partial charge in [0.2, 0.25) is 0 Å². The van der Waals surface area contributed by atoms with Gasteiger partial charge in [0.1, 0.15) is 4.88 Å². The Kier molecular flexibility index (Phi) is 7.35. The van der Waals surface area contributed by atoms with Crippen molar-refractivity contribution in [2.45, 2.75) is 13.8 Å². The van der Waals surface area contributed by atoms with Gasteiger partial charge in [-0.25, -0.2) is 4.79 Å². The van der Waals surface area contributed by atoms with Gasteiger partial charge < -0.3 is 15.0 Å². The molecule has 0 bridgehead atoms. The Hall–Kier alpha value is -2.19. The van der Waals surface area contributed by atoms with Crippen LogP contribution in [0.5, 0.6) is 0 Å². The van der Waals surface area contributed by atoms with Gasteiger partial charge in [-0.3, -0.25) is 9.59 Å². The van der Waals surface area contributed by atoms with Gasteiger partial charge in [0.05, 0.1) is 3.79 Å². The van der Waals surface area contributed by atoms with Crippen molar-refractivity contribution in [1.29, 1.82) is 0 Å². The molecule has 0 aliphatic heterocycles. The molecule has 1 N–H and O–H groups in total. The van der Waals surface area contributed by atoms with Crippen LogP contribution in [0.3, 0.4) is 0 Å². The largest absolute Gasteiger partial charge is 0.451 e. The van der Waals surface area contributed by atoms with E-state index in [-0.39, 0.29) is 12.5 Å². The van der Waals surface area contributed by atoms with Crippen molar-refractivity contribution in [2.24, 2.45) is 0 Å². The maximum Gasteiger partial charge on any atom is 0.348 e. The lowest BCUT2D eigenvalue weighted by Crippen LogP contribution is -2.30. The van der Waals surface area contributed by atoms with E-state index in [2.05, 4.69) is 21.2 Å². The molecule has 138 valence electrons. The van der Waals surface area contributed by atoms with Gasteiger partial charge in [-0.1, -0.05) is 0 Å². The lowest BCUT2D eigenvalue weighted by molar-refractivity contribution is -0.119. The Morgan fingerprint density at radius 3 is 2.27 bits per heavy atom. The summed E-state index contributed by atoms with van der Waals surface area (Å²) in [7, 11) is 0. The summed E-state index contributed by atoms with van der Waals surface area (Å²) in [6.45, 7) is 4.74. The van der Waals surface area contributed by atoms with Crippen LogP contribution in [0.25, 0.3) is 0 Å². The molecule has 2 aromatic rings. The molecule has 0 saturated heterocycles. The van der Waals surface area contributed by atoms with E-state index in [0.29, 0.717) is 29.2 Å². The third kappa shape index (κ3) is 5.40. The minimum atomic E-state index is -0.545. The molecule has 8 heteroatoms. The number of rotatable bonds is 7. The van der Waals surface area contributed by atoms with Crippen molar-refractivity contribution >= 4 is 50.7 Å². The second kappa shape index (κ2) is 9.49. The topological polar surface area (TPSA) is 75.7 Å². The number of amides is 2. The van der Waals surface area contributed by atoms with Gasteiger partial charge >= 0.3 is 5.97 Å². The lowest BCUT2D eigenvalue weighted by atomic mass is 10.2. The maximum absolute atomic E-state index is 12.2. The van der Waals surface area contributed by atoms with Crippen LogP contribution in [0.2, 0.25) is 0 Å². The summed E-state index contributed by atoms with van der Waals surface area (Å²) < 4.78 is 5.79. The number of anilines is 1. The fourth-order valence-electron chi connectivity index (χ4n) is 2.21. The van der Waals surface area contributed by atoms with Gasteiger partial charge in [-0.05, 0) is 66.2 Å². The third-order valence-electron chi connectivity index (χ3n) is 3.58. The van der Waals surface area contributed by atoms with E-state index in [4.69, 9.17) is 4.74 Å². The van der Waals surface area contributed by atoms with Crippen LogP contribution >= 0.6 is 27.3 Å². The Morgan fingerprint density at radius 1 is 1.08 bits per heavy atom. The predicted molar refractivity (Wildman–Crippen MR) is 105 cm³/mol. The number of esters is 1. The minimum absolute atomic E-state index is 0.0519. The lowest BCUT2D eigenvalue weighted by Gasteiger charge is -2.18. The number of thiophene rings is 1. The van der Waals surface area contributed by atoms with Gasteiger partial charge in [0, 0.05) is 24.3 Å². The average Bonchev–Trinajstić information content (AvgIpc) is 3.08. The van der Waals surface area contributed by atoms with Gasteiger partial charge in [0.15, 0.2) is 6.61 Å². The Labute approximate surface area is 164 Å². The van der Waals surface area contributed by atoms with Crippen molar-refractivity contribution in [3.05, 3.63) is 50.6 Å². The fourth-order valence-corrected chi connectivity index (χ4v) is 3.49. The summed E-state index contributed by atoms with van der Waals surface area (Å²) in [5.74, 6) is -1.04. The molecule has 2 rings (SSSR count). The number of carbonyl (C=O) groups excluding carboxylic acids is 3. The maximum atomic E-state index is 12.2. The number of carbonyl (C=O) groups is 3. The molecule has 0 unspecified atom stereocenters. The van der Waals surface area contributed by atoms with E-state index in [0.717, 1.165) is 3.79 Å². The summed E-state index contributed by atoms with van der Waals surface area (Å²) >= 11 is 4.50. The van der Waals surface area contributed by atoms with E-state index in [9.17, 15) is 14.4 Å². The number of halogens is 1. The molecule has 0 radical (unpaired) electrons. The van der Waals surface area contributed by atoms with Crippen molar-refractivity contribution in [2.75, 3.05) is 25.0 Å². The highest BCUT2D eigenvalue weighted by Gasteiger charge is 2.14. The Morgan fingerprint density at radius 2 is 1.73 bits per heavy atom. The summed E-state index contributed by atoms with van der Waals surface area (Å²) in [6, 6.07) is 9.97. The molecule has 1 aromatic heterocycles. The second-order valence-corrected chi connectivity index (χ2v) is 7.75. The first-order chi connectivity index (χ1) is 12.4. The zero-order valence-corrected chi connectivity index (χ0v) is 16.9. The number of hydrogen-bond acceptors (Lipinski definition) is 5. The smallest absolute Gasteiger partial charge is 0.348 e. The highest BCUT2D eigenvalue weighted by molar-refractivity contribution is 9.11. The van der Waals surface area contributed by atoms with E-state index in [1.807, 2.05) is 13.8 Å². The van der Waals surface area contributed by atoms with Crippen LogP contribution in [-0.2, 0) is 9.53 Å². The molecule has 0 aliphatic rings. The van der Waals surface area contributed by atoms with Crippen LogP contribution in [0.1, 0.15) is 33.9 Å². The summed E-state index contributed by atoms with van der Waals surface area (Å²) in [5, 5.41) is 2.63. The van der Waals surface area contributed by atoms with Gasteiger partial charge in [0.25, 0.3) is 11.8 Å². The van der Waals surface area contributed by atoms with Crippen LogP contribution < -0.4 is 5.32 Å². The molecule has 0 atom stereocenters.